The number of rotatable bonds is 57. The van der Waals surface area contributed by atoms with Gasteiger partial charge in [-0.15, -0.1) is 0 Å². The fourth-order valence-electron chi connectivity index (χ4n) is 8.43. The summed E-state index contributed by atoms with van der Waals surface area (Å²) < 4.78 is 10.7. The number of carbonyl (C=O) groups excluding carboxylic acids is 2. The van der Waals surface area contributed by atoms with E-state index < -0.39 is 6.10 Å². The molecule has 5 nitrogen and oxygen atoms in total. The van der Waals surface area contributed by atoms with Crippen molar-refractivity contribution in [1.29, 1.82) is 0 Å². The Morgan fingerprint density at radius 2 is 0.500 bits per heavy atom. The molecule has 80 heavy (non-hydrogen) atoms. The molecule has 0 aliphatic rings. The standard InChI is InChI=1S/C75H118O5/c1-3-5-7-9-11-13-15-17-19-21-23-25-27-29-31-32-33-34-35-36-37-38-39-40-41-42-44-46-48-50-52-54-56-58-60-62-64-66-68-70-75(78)80-73(71-76)72-79-74(77)69-67-65-63-61-59-57-55-53-51-49-47-45-43-30-28-26-24-22-20-18-16-14-12-10-8-6-4-2/h5-8,11-14,17-20,23-26,29-31,33-34,36-37,39-40,43,47,49,53,55,73,76H,3-4,9-10,15-16,21-22,27-28,32,35,38,41-42,44-46,48,50-52,54,56-72H2,1-2H3/b7-5-,8-6-,13-11-,14-12-,19-17-,20-18-,25-23-,26-24-,31-29-,34-33-,37-36-,40-39-,43-30-,49-47-,55-53-. The third kappa shape index (κ3) is 65.5. The maximum absolute atomic E-state index is 12.4. The summed E-state index contributed by atoms with van der Waals surface area (Å²) in [7, 11) is 0. The van der Waals surface area contributed by atoms with Gasteiger partial charge in [0.25, 0.3) is 0 Å². The largest absolute Gasteiger partial charge is 0.462 e. The maximum Gasteiger partial charge on any atom is 0.306 e. The van der Waals surface area contributed by atoms with Crippen LogP contribution in [-0.4, -0.2) is 36.4 Å². The lowest BCUT2D eigenvalue weighted by Gasteiger charge is -2.15. The van der Waals surface area contributed by atoms with Gasteiger partial charge in [-0.3, -0.25) is 9.59 Å². The molecule has 0 rings (SSSR count). The van der Waals surface area contributed by atoms with E-state index in [0.717, 1.165) is 154 Å². The highest BCUT2D eigenvalue weighted by Crippen LogP contribution is 2.15. The second-order valence-corrected chi connectivity index (χ2v) is 20.7. The lowest BCUT2D eigenvalue weighted by atomic mass is 10.0. The first-order valence-electron chi connectivity index (χ1n) is 32.3. The predicted octanol–water partition coefficient (Wildman–Crippen LogP) is 22.6. The Balaban J connectivity index is 3.58. The molecule has 0 amide bonds. The monoisotopic (exact) mass is 1100 g/mol. The number of hydrogen-bond donors (Lipinski definition) is 1. The molecule has 0 aromatic heterocycles. The molecular formula is C75H118O5. The van der Waals surface area contributed by atoms with Gasteiger partial charge in [-0.2, -0.15) is 0 Å². The van der Waals surface area contributed by atoms with Crippen LogP contribution in [0.3, 0.4) is 0 Å². The Labute approximate surface area is 493 Å². The van der Waals surface area contributed by atoms with Crippen molar-refractivity contribution in [3.05, 3.63) is 182 Å². The van der Waals surface area contributed by atoms with Gasteiger partial charge in [-0.05, 0) is 135 Å². The number of hydrogen-bond acceptors (Lipinski definition) is 5. The first-order valence-corrected chi connectivity index (χ1v) is 32.3. The molecule has 0 fully saturated rings. The van der Waals surface area contributed by atoms with Crippen molar-refractivity contribution in [3.8, 4) is 0 Å². The summed E-state index contributed by atoms with van der Waals surface area (Å²) in [4.78, 5) is 24.6. The Morgan fingerprint density at radius 3 is 0.750 bits per heavy atom. The van der Waals surface area contributed by atoms with Crippen LogP contribution in [-0.2, 0) is 19.1 Å². The number of unbranched alkanes of at least 4 members (excludes halogenated alkanes) is 19. The van der Waals surface area contributed by atoms with Gasteiger partial charge in [0.2, 0.25) is 0 Å². The fraction of sp³-hybridized carbons (Fsp3) is 0.573. The molecule has 0 radical (unpaired) electrons. The van der Waals surface area contributed by atoms with Gasteiger partial charge in [0.15, 0.2) is 6.10 Å². The summed E-state index contributed by atoms with van der Waals surface area (Å²) >= 11 is 0. The van der Waals surface area contributed by atoms with E-state index >= 15 is 0 Å². The van der Waals surface area contributed by atoms with Crippen LogP contribution >= 0.6 is 0 Å². The summed E-state index contributed by atoms with van der Waals surface area (Å²) in [6.07, 6.45) is 107. The van der Waals surface area contributed by atoms with E-state index in [2.05, 4.69) is 196 Å². The lowest BCUT2D eigenvalue weighted by Crippen LogP contribution is -2.28. The highest BCUT2D eigenvalue weighted by molar-refractivity contribution is 5.70. The summed E-state index contributed by atoms with van der Waals surface area (Å²) in [5.74, 6) is -0.622. The molecule has 5 heteroatoms. The summed E-state index contributed by atoms with van der Waals surface area (Å²) in [6, 6.07) is 0. The smallest absolute Gasteiger partial charge is 0.306 e. The summed E-state index contributed by atoms with van der Waals surface area (Å²) in [5.41, 5.74) is 0. The van der Waals surface area contributed by atoms with E-state index in [1.165, 1.54) is 77.0 Å². The van der Waals surface area contributed by atoms with Gasteiger partial charge >= 0.3 is 11.9 Å². The number of aliphatic hydroxyl groups excluding tert-OH is 1. The normalized spacial score (nSPS) is 13.5. The zero-order chi connectivity index (χ0) is 57.6. The van der Waals surface area contributed by atoms with Crippen LogP contribution in [0.5, 0.6) is 0 Å². The molecule has 0 saturated heterocycles. The maximum atomic E-state index is 12.4. The molecule has 0 heterocycles. The molecular weight excluding hydrogens is 981 g/mol. The molecule has 0 bridgehead atoms. The second kappa shape index (κ2) is 68.3. The van der Waals surface area contributed by atoms with E-state index in [1.807, 2.05) is 0 Å². The van der Waals surface area contributed by atoms with Crippen molar-refractivity contribution < 1.29 is 24.2 Å². The van der Waals surface area contributed by atoms with Crippen LogP contribution in [0.1, 0.15) is 258 Å². The number of esters is 2. The second-order valence-electron chi connectivity index (χ2n) is 20.7. The van der Waals surface area contributed by atoms with E-state index in [4.69, 9.17) is 9.47 Å². The third-order valence-corrected chi connectivity index (χ3v) is 13.2. The van der Waals surface area contributed by atoms with Crippen molar-refractivity contribution in [1.82, 2.24) is 0 Å². The molecule has 0 spiro atoms. The SMILES string of the molecule is CC/C=C\C/C=C\C/C=C\C/C=C\C/C=C\C/C=C\C/C=C\C/C=C\CCCCCCCCCCCCCCCCC(=O)OC(CO)COC(=O)CCCCCCC/C=C\C/C=C\C/C=C\C/C=C\C/C=C\C/C=C\C/C=C\CC. The number of ether oxygens (including phenoxy) is 2. The fourth-order valence-corrected chi connectivity index (χ4v) is 8.43. The first-order chi connectivity index (χ1) is 39.6. The van der Waals surface area contributed by atoms with Crippen molar-refractivity contribution in [3.63, 3.8) is 0 Å². The zero-order valence-electron chi connectivity index (χ0n) is 51.3. The van der Waals surface area contributed by atoms with Gasteiger partial charge in [-0.1, -0.05) is 292 Å². The Bertz CT molecular complexity index is 1820. The minimum Gasteiger partial charge on any atom is -0.462 e. The zero-order valence-corrected chi connectivity index (χ0v) is 51.3. The Morgan fingerprint density at radius 1 is 0.287 bits per heavy atom. The van der Waals surface area contributed by atoms with Gasteiger partial charge in [-0.25, -0.2) is 0 Å². The van der Waals surface area contributed by atoms with Crippen LogP contribution in [0.4, 0.5) is 0 Å². The highest BCUT2D eigenvalue weighted by atomic mass is 16.6. The Kier molecular flexibility index (Phi) is 64.0. The quantitative estimate of drug-likeness (QED) is 0.0373. The molecule has 0 aliphatic carbocycles. The van der Waals surface area contributed by atoms with Crippen LogP contribution in [0, 0.1) is 0 Å². The van der Waals surface area contributed by atoms with Crippen LogP contribution in [0.15, 0.2) is 182 Å². The summed E-state index contributed by atoms with van der Waals surface area (Å²) in [6.45, 7) is 3.89. The number of allylic oxidation sites excluding steroid dienone is 30. The van der Waals surface area contributed by atoms with Gasteiger partial charge < -0.3 is 14.6 Å². The molecule has 0 saturated carbocycles. The average molecular weight is 1100 g/mol. The van der Waals surface area contributed by atoms with Crippen LogP contribution < -0.4 is 0 Å². The van der Waals surface area contributed by atoms with Crippen molar-refractivity contribution in [2.45, 2.75) is 264 Å². The van der Waals surface area contributed by atoms with Crippen LogP contribution in [0.2, 0.25) is 0 Å². The van der Waals surface area contributed by atoms with E-state index in [9.17, 15) is 14.7 Å². The number of carbonyl (C=O) groups is 2. The first kappa shape index (κ1) is 75.0. The third-order valence-electron chi connectivity index (χ3n) is 13.2. The molecule has 0 aromatic rings. The Hall–Kier alpha value is -5.00. The van der Waals surface area contributed by atoms with Crippen molar-refractivity contribution in [2.75, 3.05) is 13.2 Å². The molecule has 0 aromatic carbocycles. The minimum absolute atomic E-state index is 0.0867. The van der Waals surface area contributed by atoms with Gasteiger partial charge in [0, 0.05) is 12.8 Å². The lowest BCUT2D eigenvalue weighted by molar-refractivity contribution is -0.161. The topological polar surface area (TPSA) is 72.8 Å². The van der Waals surface area contributed by atoms with Crippen LogP contribution in [0.25, 0.3) is 0 Å². The molecule has 1 unspecified atom stereocenters. The van der Waals surface area contributed by atoms with Gasteiger partial charge in [0.05, 0.1) is 6.61 Å². The molecule has 448 valence electrons. The average Bonchev–Trinajstić information content (AvgIpc) is 3.46. The minimum atomic E-state index is -0.795. The highest BCUT2D eigenvalue weighted by Gasteiger charge is 2.16. The molecule has 1 N–H and O–H groups in total. The van der Waals surface area contributed by atoms with Crippen molar-refractivity contribution >= 4 is 11.9 Å². The number of aliphatic hydroxyl groups is 1. The van der Waals surface area contributed by atoms with E-state index in [1.54, 1.807) is 0 Å². The van der Waals surface area contributed by atoms with E-state index in [0.29, 0.717) is 12.8 Å². The van der Waals surface area contributed by atoms with Crippen molar-refractivity contribution in [2.24, 2.45) is 0 Å². The van der Waals surface area contributed by atoms with Gasteiger partial charge in [0.1, 0.15) is 6.61 Å². The predicted molar refractivity (Wildman–Crippen MR) is 352 cm³/mol. The molecule has 0 aliphatic heterocycles. The van der Waals surface area contributed by atoms with E-state index in [-0.39, 0.29) is 25.2 Å². The summed E-state index contributed by atoms with van der Waals surface area (Å²) in [5, 5.41) is 9.69. The molecule has 1 atom stereocenters.